The molecule has 45 heavy (non-hydrogen) atoms. The quantitative estimate of drug-likeness (QED) is 0.0378. The summed E-state index contributed by atoms with van der Waals surface area (Å²) in [5.74, 6) is 0. The molecular weight excluding hydrogens is 802 g/mol. The van der Waals surface area contributed by atoms with Crippen molar-refractivity contribution >= 4 is 30.4 Å². The summed E-state index contributed by atoms with van der Waals surface area (Å²) in [6.45, 7) is 10.4. The first kappa shape index (κ1) is 54.0. The third kappa shape index (κ3) is 33.2. The van der Waals surface area contributed by atoms with E-state index in [9.17, 15) is 39.5 Å². The molecule has 0 saturated carbocycles. The maximum atomic E-state index is 10.7. The molecule has 0 aliphatic rings. The molecule has 0 heterocycles. The van der Waals surface area contributed by atoms with Crippen LogP contribution in [0.2, 0.25) is 0 Å². The van der Waals surface area contributed by atoms with Crippen LogP contribution in [0.1, 0.15) is 26.2 Å². The normalized spacial score (nSPS) is 12.8. The molecule has 15 nitrogen and oxygen atoms in total. The minimum Gasteiger partial charge on any atom is -0.741 e. The van der Waals surface area contributed by atoms with E-state index in [1.165, 1.54) is 0 Å². The second-order valence-corrected chi connectivity index (χ2v) is 12.6. The summed E-state index contributed by atoms with van der Waals surface area (Å²) in [4.78, 5) is 0. The Bertz CT molecular complexity index is 935. The molecular formula is C17H36F9N6O9RhS3. The van der Waals surface area contributed by atoms with Crippen LogP contribution in [0.3, 0.4) is 0 Å². The average Bonchev–Trinajstić information content (AvgIpc) is 2.80. The van der Waals surface area contributed by atoms with Crippen LogP contribution in [0.4, 0.5) is 39.5 Å². The van der Waals surface area contributed by atoms with E-state index < -0.39 is 46.9 Å². The van der Waals surface area contributed by atoms with Crippen molar-refractivity contribution in [1.82, 2.24) is 16.0 Å². The number of halogens is 9. The zero-order chi connectivity index (χ0) is 36.1. The van der Waals surface area contributed by atoms with Crippen LogP contribution >= 0.6 is 0 Å². The summed E-state index contributed by atoms with van der Waals surface area (Å²) in [5.41, 5.74) is -0.194. The predicted molar refractivity (Wildman–Crippen MR) is 135 cm³/mol. The third-order valence-electron chi connectivity index (χ3n) is 4.18. The molecule has 0 saturated heterocycles. The standard InChI is InChI=1S/C14H36N6.3CHF3O3S.Rh/c1-14(11-18-8-2-5-15,12-19-9-3-6-16)13-20-10-4-7-17;3*2-1(3,4)8(5,6)7;/h18-20H,2-13,15-17H2,1H3;3*(H,5,6,7);/q;;;;+3/p-3. The van der Waals surface area contributed by atoms with E-state index in [0.29, 0.717) is 0 Å². The molecule has 0 aromatic heterocycles. The van der Waals surface area contributed by atoms with E-state index in [4.69, 9.17) is 56.1 Å². The summed E-state index contributed by atoms with van der Waals surface area (Å²) in [6.07, 6.45) is 3.08. The number of nitrogens with one attached hydrogen (secondary N) is 3. The Hall–Kier alpha value is -0.517. The van der Waals surface area contributed by atoms with Crippen molar-refractivity contribution in [3.63, 3.8) is 0 Å². The molecule has 0 aromatic rings. The Kier molecular flexibility index (Phi) is 29.5. The van der Waals surface area contributed by atoms with Gasteiger partial charge in [-0.1, -0.05) is 6.92 Å². The van der Waals surface area contributed by atoms with Crippen molar-refractivity contribution in [1.29, 1.82) is 0 Å². The summed E-state index contributed by atoms with van der Waals surface area (Å²) < 4.78 is 177. The van der Waals surface area contributed by atoms with E-state index >= 15 is 0 Å². The number of rotatable bonds is 15. The van der Waals surface area contributed by atoms with Gasteiger partial charge in [0.05, 0.1) is 0 Å². The van der Waals surface area contributed by atoms with Crippen molar-refractivity contribution in [3.8, 4) is 0 Å². The fourth-order valence-corrected chi connectivity index (χ4v) is 2.04. The molecule has 0 radical (unpaired) electrons. The largest absolute Gasteiger partial charge is 3.00 e. The van der Waals surface area contributed by atoms with E-state index in [0.717, 1.165) is 78.2 Å². The number of alkyl halides is 9. The van der Waals surface area contributed by atoms with Crippen molar-refractivity contribution in [2.24, 2.45) is 22.6 Å². The maximum Gasteiger partial charge on any atom is 3.00 e. The Balaban J connectivity index is -0.000000177. The zero-order valence-electron chi connectivity index (χ0n) is 23.4. The van der Waals surface area contributed by atoms with Crippen LogP contribution in [-0.2, 0) is 49.8 Å². The average molecular weight is 839 g/mol. The van der Waals surface area contributed by atoms with Gasteiger partial charge in [0, 0.05) is 25.0 Å². The molecule has 0 rings (SSSR count). The first-order valence-corrected chi connectivity index (χ1v) is 15.9. The second-order valence-electron chi connectivity index (χ2n) is 8.47. The van der Waals surface area contributed by atoms with Gasteiger partial charge in [0.1, 0.15) is 0 Å². The van der Waals surface area contributed by atoms with Crippen molar-refractivity contribution < 1.29 is 97.9 Å². The fraction of sp³-hybridized carbons (Fsp3) is 1.00. The smallest absolute Gasteiger partial charge is 0.741 e. The maximum absolute atomic E-state index is 10.7. The molecule has 0 aromatic carbocycles. The molecule has 0 aliphatic heterocycles. The first-order chi connectivity index (χ1) is 19.4. The van der Waals surface area contributed by atoms with Gasteiger partial charge in [-0.05, 0) is 58.5 Å². The van der Waals surface area contributed by atoms with Crippen LogP contribution < -0.4 is 33.2 Å². The molecule has 0 fully saturated rings. The number of hydrogen-bond acceptors (Lipinski definition) is 15. The fourth-order valence-electron chi connectivity index (χ4n) is 2.04. The Morgan fingerprint density at radius 2 is 0.667 bits per heavy atom. The zero-order valence-corrected chi connectivity index (χ0v) is 27.4. The Morgan fingerprint density at radius 3 is 0.778 bits per heavy atom. The van der Waals surface area contributed by atoms with Gasteiger partial charge in [0.15, 0.2) is 30.4 Å². The summed E-state index contributed by atoms with van der Waals surface area (Å²) in [7, 11) is -18.3. The number of nitrogens with two attached hydrogens (primary N) is 3. The molecule has 0 atom stereocenters. The topological polar surface area (TPSA) is 286 Å². The van der Waals surface area contributed by atoms with Gasteiger partial charge in [0.2, 0.25) is 0 Å². The predicted octanol–water partition coefficient (Wildman–Crippen LogP) is -1.04. The van der Waals surface area contributed by atoms with Gasteiger partial charge in [-0.25, -0.2) is 25.3 Å². The third-order valence-corrected chi connectivity index (χ3v) is 5.88. The number of hydrogen-bond donors (Lipinski definition) is 6. The van der Waals surface area contributed by atoms with Crippen LogP contribution in [0.15, 0.2) is 0 Å². The SMILES string of the molecule is CC(CNCCCN)(CNCCCN)CNCCCN.O=S(=O)([O-])C(F)(F)F.O=S(=O)([O-])C(F)(F)F.O=S(=O)([O-])C(F)(F)F.[Rh+3]. The molecule has 28 heteroatoms. The van der Waals surface area contributed by atoms with E-state index in [-0.39, 0.29) is 24.9 Å². The van der Waals surface area contributed by atoms with Crippen LogP contribution in [0.5, 0.6) is 0 Å². The Morgan fingerprint density at radius 1 is 0.511 bits per heavy atom. The van der Waals surface area contributed by atoms with Gasteiger partial charge in [-0.3, -0.25) is 0 Å². The molecule has 9 N–H and O–H groups in total. The van der Waals surface area contributed by atoms with Crippen molar-refractivity contribution in [2.45, 2.75) is 42.7 Å². The minimum atomic E-state index is -6.09. The summed E-state index contributed by atoms with van der Waals surface area (Å²) >= 11 is 0. The molecule has 0 bridgehead atoms. The molecule has 0 unspecified atom stereocenters. The van der Waals surface area contributed by atoms with Gasteiger partial charge in [-0.15, -0.1) is 0 Å². The summed E-state index contributed by atoms with van der Waals surface area (Å²) in [5, 5.41) is 10.5. The van der Waals surface area contributed by atoms with Gasteiger partial charge < -0.3 is 46.8 Å². The second kappa shape index (κ2) is 24.6. The minimum absolute atomic E-state index is 0. The Labute approximate surface area is 268 Å². The van der Waals surface area contributed by atoms with Crippen LogP contribution in [0.25, 0.3) is 0 Å². The molecule has 0 spiro atoms. The molecule has 0 aliphatic carbocycles. The monoisotopic (exact) mass is 838 g/mol. The first-order valence-electron chi connectivity index (χ1n) is 11.7. The molecule has 278 valence electrons. The van der Waals surface area contributed by atoms with Gasteiger partial charge in [-0.2, -0.15) is 39.5 Å². The summed E-state index contributed by atoms with van der Waals surface area (Å²) in [6, 6.07) is 0. The molecule has 0 amide bonds. The van der Waals surface area contributed by atoms with Crippen LogP contribution in [-0.4, -0.2) is 114 Å². The van der Waals surface area contributed by atoms with E-state index in [1.807, 2.05) is 0 Å². The van der Waals surface area contributed by atoms with E-state index in [1.54, 1.807) is 0 Å². The van der Waals surface area contributed by atoms with Gasteiger partial charge in [0.25, 0.3) is 0 Å². The van der Waals surface area contributed by atoms with Crippen molar-refractivity contribution in [2.75, 3.05) is 58.9 Å². The van der Waals surface area contributed by atoms with Crippen LogP contribution in [0, 0.1) is 5.41 Å². The van der Waals surface area contributed by atoms with E-state index in [2.05, 4.69) is 22.9 Å². The van der Waals surface area contributed by atoms with Crippen molar-refractivity contribution in [3.05, 3.63) is 0 Å². The van der Waals surface area contributed by atoms with Gasteiger partial charge >= 0.3 is 36.0 Å².